The monoisotopic (exact) mass is 310 g/mol. The normalized spacial score (nSPS) is 10.0. The van der Waals surface area contributed by atoms with E-state index < -0.39 is 5.91 Å². The molecule has 2 aromatic carbocycles. The number of aryl methyl sites for hydroxylation is 1. The van der Waals surface area contributed by atoms with Gasteiger partial charge in [-0.1, -0.05) is 36.4 Å². The van der Waals surface area contributed by atoms with Crippen molar-refractivity contribution in [3.05, 3.63) is 70.8 Å². The molecule has 0 atom stereocenters. The number of benzene rings is 2. The highest BCUT2D eigenvalue weighted by atomic mass is 16.2. The lowest BCUT2D eigenvalue weighted by atomic mass is 10.1. The number of nitrogens with zero attached hydrogens (tertiary/aromatic N) is 2. The van der Waals surface area contributed by atoms with Gasteiger partial charge in [0.2, 0.25) is 0 Å². The molecule has 0 N–H and O–H groups in total. The van der Waals surface area contributed by atoms with Gasteiger partial charge < -0.3 is 0 Å². The van der Waals surface area contributed by atoms with Crippen molar-refractivity contribution in [1.82, 2.24) is 10.0 Å². The molecule has 0 aliphatic heterocycles. The molecule has 2 aromatic rings. The number of aldehydes is 1. The average Bonchev–Trinajstić information content (AvgIpc) is 2.59. The molecular weight excluding hydrogens is 292 g/mol. The second kappa shape index (κ2) is 6.87. The summed E-state index contributed by atoms with van der Waals surface area (Å²) in [6.07, 6.45) is 0.629. The molecule has 2 rings (SSSR count). The topological polar surface area (TPSA) is 57.7 Å². The van der Waals surface area contributed by atoms with Crippen LogP contribution in [0.15, 0.2) is 48.5 Å². The smallest absolute Gasteiger partial charge is 0.272 e. The lowest BCUT2D eigenvalue weighted by Crippen LogP contribution is -2.45. The van der Waals surface area contributed by atoms with Crippen LogP contribution >= 0.6 is 0 Å². The van der Waals surface area contributed by atoms with Crippen LogP contribution in [0.2, 0.25) is 0 Å². The standard InChI is InChI=1S/C18H18N2O3/c1-13-8-4-6-10-15(13)17(22)19(2)20(3)18(23)16-11-7-5-9-14(16)12-21/h4-12H,1-3H3. The Morgan fingerprint density at radius 1 is 0.826 bits per heavy atom. The summed E-state index contributed by atoms with van der Waals surface area (Å²) in [5.41, 5.74) is 1.91. The van der Waals surface area contributed by atoms with Crippen molar-refractivity contribution < 1.29 is 14.4 Å². The first-order valence-corrected chi connectivity index (χ1v) is 7.13. The zero-order chi connectivity index (χ0) is 17.0. The van der Waals surface area contributed by atoms with Crippen LogP contribution in [0.1, 0.15) is 36.6 Å². The fourth-order valence-corrected chi connectivity index (χ4v) is 2.23. The zero-order valence-corrected chi connectivity index (χ0v) is 13.3. The quantitative estimate of drug-likeness (QED) is 0.647. The highest BCUT2D eigenvalue weighted by Crippen LogP contribution is 2.14. The molecule has 0 spiro atoms. The number of hydrogen-bond acceptors (Lipinski definition) is 3. The molecule has 0 saturated carbocycles. The van der Waals surface area contributed by atoms with Crippen LogP contribution in [0, 0.1) is 6.92 Å². The second-order valence-electron chi connectivity index (χ2n) is 5.18. The summed E-state index contributed by atoms with van der Waals surface area (Å²) in [6.45, 7) is 1.84. The molecule has 0 aromatic heterocycles. The molecule has 0 heterocycles. The molecule has 0 unspecified atom stereocenters. The fourth-order valence-electron chi connectivity index (χ4n) is 2.23. The first kappa shape index (κ1) is 16.4. The SMILES string of the molecule is Cc1ccccc1C(=O)N(C)N(C)C(=O)c1ccccc1C=O. The summed E-state index contributed by atoms with van der Waals surface area (Å²) < 4.78 is 0. The van der Waals surface area contributed by atoms with E-state index in [2.05, 4.69) is 0 Å². The van der Waals surface area contributed by atoms with E-state index >= 15 is 0 Å². The van der Waals surface area contributed by atoms with Gasteiger partial charge in [-0.25, -0.2) is 0 Å². The first-order chi connectivity index (χ1) is 11.0. The van der Waals surface area contributed by atoms with E-state index in [9.17, 15) is 14.4 Å². The van der Waals surface area contributed by atoms with Gasteiger partial charge in [-0.05, 0) is 24.6 Å². The second-order valence-corrected chi connectivity index (χ2v) is 5.18. The van der Waals surface area contributed by atoms with Crippen molar-refractivity contribution in [2.75, 3.05) is 14.1 Å². The number of amides is 2. The molecule has 5 heteroatoms. The molecule has 0 saturated heterocycles. The zero-order valence-electron chi connectivity index (χ0n) is 13.3. The number of carbonyl (C=O) groups excluding carboxylic acids is 3. The Balaban J connectivity index is 2.27. The minimum Gasteiger partial charge on any atom is -0.298 e. The van der Waals surface area contributed by atoms with Crippen molar-refractivity contribution in [3.8, 4) is 0 Å². The molecular formula is C18H18N2O3. The number of hydrazine groups is 1. The number of hydrogen-bond donors (Lipinski definition) is 0. The Labute approximate surface area is 135 Å². The van der Waals surface area contributed by atoms with Crippen LogP contribution in [0.25, 0.3) is 0 Å². The summed E-state index contributed by atoms with van der Waals surface area (Å²) in [7, 11) is 3.02. The summed E-state index contributed by atoms with van der Waals surface area (Å²) in [5, 5.41) is 2.45. The minimum atomic E-state index is -0.419. The maximum atomic E-state index is 12.6. The molecule has 5 nitrogen and oxygen atoms in total. The number of carbonyl (C=O) groups is 3. The summed E-state index contributed by atoms with van der Waals surface area (Å²) >= 11 is 0. The Bertz CT molecular complexity index is 755. The van der Waals surface area contributed by atoms with Crippen LogP contribution in [0.3, 0.4) is 0 Å². The van der Waals surface area contributed by atoms with E-state index in [-0.39, 0.29) is 11.5 Å². The molecule has 23 heavy (non-hydrogen) atoms. The minimum absolute atomic E-state index is 0.259. The van der Waals surface area contributed by atoms with Crippen LogP contribution < -0.4 is 0 Å². The third-order valence-electron chi connectivity index (χ3n) is 3.73. The predicted octanol–water partition coefficient (Wildman–Crippen LogP) is 2.57. The van der Waals surface area contributed by atoms with Crippen molar-refractivity contribution in [3.63, 3.8) is 0 Å². The highest BCUT2D eigenvalue weighted by molar-refractivity contribution is 6.03. The van der Waals surface area contributed by atoms with Crippen LogP contribution in [0.4, 0.5) is 0 Å². The molecule has 0 aliphatic rings. The van der Waals surface area contributed by atoms with E-state index in [0.717, 1.165) is 5.56 Å². The Morgan fingerprint density at radius 2 is 1.30 bits per heavy atom. The Morgan fingerprint density at radius 3 is 1.87 bits per heavy atom. The first-order valence-electron chi connectivity index (χ1n) is 7.13. The molecule has 118 valence electrons. The van der Waals surface area contributed by atoms with Crippen molar-refractivity contribution in [2.24, 2.45) is 0 Å². The Kier molecular flexibility index (Phi) is 4.91. The maximum absolute atomic E-state index is 12.6. The van der Waals surface area contributed by atoms with Crippen molar-refractivity contribution in [2.45, 2.75) is 6.92 Å². The largest absolute Gasteiger partial charge is 0.298 e. The summed E-state index contributed by atoms with van der Waals surface area (Å²) in [5.74, 6) is -0.709. The van der Waals surface area contributed by atoms with Gasteiger partial charge in [0.05, 0.1) is 5.56 Å². The van der Waals surface area contributed by atoms with Crippen molar-refractivity contribution >= 4 is 18.1 Å². The van der Waals surface area contributed by atoms with Crippen LogP contribution in [-0.2, 0) is 0 Å². The van der Waals surface area contributed by atoms with Gasteiger partial charge in [0.25, 0.3) is 11.8 Å². The van der Waals surface area contributed by atoms with Crippen molar-refractivity contribution in [1.29, 1.82) is 0 Å². The summed E-state index contributed by atoms with van der Waals surface area (Å²) in [4.78, 5) is 36.2. The van der Waals surface area contributed by atoms with E-state index in [1.54, 1.807) is 36.4 Å². The fraction of sp³-hybridized carbons (Fsp3) is 0.167. The van der Waals surface area contributed by atoms with Gasteiger partial charge in [0.15, 0.2) is 6.29 Å². The van der Waals surface area contributed by atoms with E-state index in [1.807, 2.05) is 19.1 Å². The van der Waals surface area contributed by atoms with E-state index in [4.69, 9.17) is 0 Å². The molecule has 0 fully saturated rings. The van der Waals surface area contributed by atoms with Gasteiger partial charge in [-0.2, -0.15) is 0 Å². The molecule has 0 bridgehead atoms. The van der Waals surface area contributed by atoms with Gasteiger partial charge in [0, 0.05) is 25.2 Å². The van der Waals surface area contributed by atoms with Gasteiger partial charge in [-0.15, -0.1) is 0 Å². The van der Waals surface area contributed by atoms with Gasteiger partial charge in [-0.3, -0.25) is 24.4 Å². The van der Waals surface area contributed by atoms with Crippen LogP contribution in [0.5, 0.6) is 0 Å². The third-order valence-corrected chi connectivity index (χ3v) is 3.73. The van der Waals surface area contributed by atoms with Gasteiger partial charge in [0.1, 0.15) is 0 Å². The predicted molar refractivity (Wildman–Crippen MR) is 87.2 cm³/mol. The van der Waals surface area contributed by atoms with E-state index in [1.165, 1.54) is 24.1 Å². The maximum Gasteiger partial charge on any atom is 0.272 e. The summed E-state index contributed by atoms with van der Waals surface area (Å²) in [6, 6.07) is 13.7. The molecule has 0 radical (unpaired) electrons. The third kappa shape index (κ3) is 3.29. The number of rotatable bonds is 3. The molecule has 2 amide bonds. The van der Waals surface area contributed by atoms with Crippen LogP contribution in [-0.4, -0.2) is 42.2 Å². The highest BCUT2D eigenvalue weighted by Gasteiger charge is 2.23. The van der Waals surface area contributed by atoms with Gasteiger partial charge >= 0.3 is 0 Å². The lowest BCUT2D eigenvalue weighted by molar-refractivity contribution is 0.0185. The average molecular weight is 310 g/mol. The lowest BCUT2D eigenvalue weighted by Gasteiger charge is -2.29. The van der Waals surface area contributed by atoms with E-state index in [0.29, 0.717) is 17.4 Å². The molecule has 0 aliphatic carbocycles. The Hall–Kier alpha value is -2.95.